The highest BCUT2D eigenvalue weighted by molar-refractivity contribution is 5.07. The van der Waals surface area contributed by atoms with Crippen LogP contribution in [0.4, 0.5) is 0 Å². The second kappa shape index (κ2) is 5.66. The van der Waals surface area contributed by atoms with Gasteiger partial charge in [-0.05, 0) is 26.0 Å². The molecule has 1 N–H and O–H groups in total. The van der Waals surface area contributed by atoms with E-state index in [1.165, 1.54) is 5.57 Å². The highest BCUT2D eigenvalue weighted by Crippen LogP contribution is 2.07. The molecule has 1 heterocycles. The predicted molar refractivity (Wildman–Crippen MR) is 59.2 cm³/mol. The van der Waals surface area contributed by atoms with Gasteiger partial charge in [0.15, 0.2) is 0 Å². The molecule has 0 saturated carbocycles. The second-order valence-electron chi connectivity index (χ2n) is 3.63. The normalized spacial score (nSPS) is 10.2. The fourth-order valence-corrected chi connectivity index (χ4v) is 1.18. The summed E-state index contributed by atoms with van der Waals surface area (Å²) in [5, 5.41) is 3.30. The number of hydrogen-bond donors (Lipinski definition) is 1. The summed E-state index contributed by atoms with van der Waals surface area (Å²) in [6.07, 6.45) is 3.14. The van der Waals surface area contributed by atoms with E-state index in [4.69, 9.17) is 4.42 Å². The first kappa shape index (κ1) is 11.1. The molecule has 0 aromatic carbocycles. The van der Waals surface area contributed by atoms with Crippen molar-refractivity contribution >= 4 is 0 Å². The maximum Gasteiger partial charge on any atom is 0.117 e. The number of nitrogens with one attached hydrogen (secondary N) is 1. The Morgan fingerprint density at radius 2 is 2.07 bits per heavy atom. The van der Waals surface area contributed by atoms with Crippen LogP contribution in [0, 0.1) is 0 Å². The molecule has 2 nitrogen and oxygen atoms in total. The molecule has 0 atom stereocenters. The van der Waals surface area contributed by atoms with Gasteiger partial charge in [-0.3, -0.25) is 0 Å². The van der Waals surface area contributed by atoms with Crippen LogP contribution < -0.4 is 5.32 Å². The van der Waals surface area contributed by atoms with Crippen molar-refractivity contribution in [3.63, 3.8) is 0 Å². The molecule has 0 aliphatic rings. The molecule has 0 unspecified atom stereocenters. The van der Waals surface area contributed by atoms with Gasteiger partial charge in [0, 0.05) is 13.0 Å². The van der Waals surface area contributed by atoms with Crippen LogP contribution in [0.25, 0.3) is 0 Å². The topological polar surface area (TPSA) is 25.2 Å². The first-order valence-electron chi connectivity index (χ1n) is 5.14. The lowest BCUT2D eigenvalue weighted by molar-refractivity contribution is 0.455. The number of aryl methyl sites for hydroxylation is 1. The Morgan fingerprint density at radius 1 is 1.36 bits per heavy atom. The van der Waals surface area contributed by atoms with Crippen molar-refractivity contribution in [2.75, 3.05) is 6.54 Å². The first-order chi connectivity index (χ1) is 6.72. The van der Waals surface area contributed by atoms with Gasteiger partial charge in [0.25, 0.3) is 0 Å². The van der Waals surface area contributed by atoms with Crippen molar-refractivity contribution in [2.24, 2.45) is 0 Å². The van der Waals surface area contributed by atoms with E-state index in [0.29, 0.717) is 0 Å². The van der Waals surface area contributed by atoms with Crippen LogP contribution in [0.2, 0.25) is 0 Å². The van der Waals surface area contributed by atoms with Crippen molar-refractivity contribution in [1.82, 2.24) is 5.32 Å². The van der Waals surface area contributed by atoms with E-state index in [-0.39, 0.29) is 0 Å². The van der Waals surface area contributed by atoms with Crippen molar-refractivity contribution in [1.29, 1.82) is 0 Å². The van der Waals surface area contributed by atoms with Crippen LogP contribution in [-0.2, 0) is 13.0 Å². The SMILES string of the molecule is CCc1ccc(CNCC=C(C)C)o1. The van der Waals surface area contributed by atoms with Gasteiger partial charge in [0.2, 0.25) is 0 Å². The highest BCUT2D eigenvalue weighted by Gasteiger charge is 1.98. The Labute approximate surface area is 86.0 Å². The van der Waals surface area contributed by atoms with Crippen LogP contribution in [0.5, 0.6) is 0 Å². The van der Waals surface area contributed by atoms with Crippen molar-refractivity contribution < 1.29 is 4.42 Å². The fourth-order valence-electron chi connectivity index (χ4n) is 1.18. The molecule has 1 aromatic rings. The summed E-state index contributed by atoms with van der Waals surface area (Å²) in [4.78, 5) is 0. The van der Waals surface area contributed by atoms with Gasteiger partial charge in [0.05, 0.1) is 6.54 Å². The Hall–Kier alpha value is -1.02. The molecule has 0 radical (unpaired) electrons. The Balaban J connectivity index is 2.28. The summed E-state index contributed by atoms with van der Waals surface area (Å²) in [6.45, 7) is 8.01. The number of rotatable bonds is 5. The average molecular weight is 193 g/mol. The van der Waals surface area contributed by atoms with Gasteiger partial charge in [0.1, 0.15) is 11.5 Å². The molecule has 0 fully saturated rings. The van der Waals surface area contributed by atoms with E-state index in [1.54, 1.807) is 0 Å². The lowest BCUT2D eigenvalue weighted by Gasteiger charge is -1.98. The van der Waals surface area contributed by atoms with Crippen LogP contribution >= 0.6 is 0 Å². The molecule has 14 heavy (non-hydrogen) atoms. The lowest BCUT2D eigenvalue weighted by Crippen LogP contribution is -2.12. The largest absolute Gasteiger partial charge is 0.465 e. The molecule has 0 bridgehead atoms. The Morgan fingerprint density at radius 3 is 2.64 bits per heavy atom. The molecular formula is C12H19NO. The molecule has 0 amide bonds. The Kier molecular flexibility index (Phi) is 4.47. The molecule has 0 aliphatic heterocycles. The van der Waals surface area contributed by atoms with E-state index in [2.05, 4.69) is 32.2 Å². The fraction of sp³-hybridized carbons (Fsp3) is 0.500. The average Bonchev–Trinajstić information content (AvgIpc) is 2.60. The number of furan rings is 1. The van der Waals surface area contributed by atoms with E-state index < -0.39 is 0 Å². The van der Waals surface area contributed by atoms with Crippen molar-refractivity contribution in [2.45, 2.75) is 33.7 Å². The minimum atomic E-state index is 0.809. The van der Waals surface area contributed by atoms with Gasteiger partial charge in [-0.15, -0.1) is 0 Å². The van der Waals surface area contributed by atoms with Crippen LogP contribution in [-0.4, -0.2) is 6.54 Å². The van der Waals surface area contributed by atoms with E-state index >= 15 is 0 Å². The monoisotopic (exact) mass is 193 g/mol. The summed E-state index contributed by atoms with van der Waals surface area (Å²) in [5.74, 6) is 2.08. The van der Waals surface area contributed by atoms with Gasteiger partial charge >= 0.3 is 0 Å². The third-order valence-corrected chi connectivity index (χ3v) is 2.02. The zero-order valence-corrected chi connectivity index (χ0v) is 9.26. The number of allylic oxidation sites excluding steroid dienone is 1. The first-order valence-corrected chi connectivity index (χ1v) is 5.14. The maximum atomic E-state index is 5.56. The standard InChI is InChI=1S/C12H19NO/c1-4-11-5-6-12(14-11)9-13-8-7-10(2)3/h5-7,13H,4,8-9H2,1-3H3. The third kappa shape index (κ3) is 3.79. The quantitative estimate of drug-likeness (QED) is 0.574. The molecule has 1 aromatic heterocycles. The maximum absolute atomic E-state index is 5.56. The minimum absolute atomic E-state index is 0.809. The van der Waals surface area contributed by atoms with Crippen LogP contribution in [0.1, 0.15) is 32.3 Å². The van der Waals surface area contributed by atoms with Gasteiger partial charge in [-0.2, -0.15) is 0 Å². The smallest absolute Gasteiger partial charge is 0.117 e. The molecule has 0 saturated heterocycles. The van der Waals surface area contributed by atoms with E-state index in [1.807, 2.05) is 12.1 Å². The van der Waals surface area contributed by atoms with Gasteiger partial charge in [-0.1, -0.05) is 18.6 Å². The summed E-state index contributed by atoms with van der Waals surface area (Å²) < 4.78 is 5.56. The second-order valence-corrected chi connectivity index (χ2v) is 3.63. The van der Waals surface area contributed by atoms with E-state index in [0.717, 1.165) is 31.0 Å². The Bertz CT molecular complexity index is 295. The molecular weight excluding hydrogens is 174 g/mol. The molecule has 1 rings (SSSR count). The van der Waals surface area contributed by atoms with Gasteiger partial charge < -0.3 is 9.73 Å². The summed E-state index contributed by atoms with van der Waals surface area (Å²) in [5.41, 5.74) is 1.34. The molecule has 0 aliphatic carbocycles. The van der Waals surface area contributed by atoms with E-state index in [9.17, 15) is 0 Å². The third-order valence-electron chi connectivity index (χ3n) is 2.02. The van der Waals surface area contributed by atoms with Crippen LogP contribution in [0.15, 0.2) is 28.2 Å². The summed E-state index contributed by atoms with van der Waals surface area (Å²) >= 11 is 0. The van der Waals surface area contributed by atoms with Gasteiger partial charge in [-0.25, -0.2) is 0 Å². The minimum Gasteiger partial charge on any atom is -0.465 e. The molecule has 78 valence electrons. The van der Waals surface area contributed by atoms with Crippen molar-refractivity contribution in [3.8, 4) is 0 Å². The predicted octanol–water partition coefficient (Wildman–Crippen LogP) is 2.90. The summed E-state index contributed by atoms with van der Waals surface area (Å²) in [7, 11) is 0. The number of hydrogen-bond acceptors (Lipinski definition) is 2. The summed E-state index contributed by atoms with van der Waals surface area (Å²) in [6, 6.07) is 4.08. The zero-order valence-electron chi connectivity index (χ0n) is 9.26. The molecule has 0 spiro atoms. The van der Waals surface area contributed by atoms with Crippen LogP contribution in [0.3, 0.4) is 0 Å². The highest BCUT2D eigenvalue weighted by atomic mass is 16.3. The lowest BCUT2D eigenvalue weighted by atomic mass is 10.3. The molecule has 2 heteroatoms. The zero-order chi connectivity index (χ0) is 10.4. The van der Waals surface area contributed by atoms with Crippen molar-refractivity contribution in [3.05, 3.63) is 35.3 Å².